The van der Waals surface area contributed by atoms with Crippen LogP contribution in [-0.2, 0) is 0 Å². The molecule has 0 radical (unpaired) electrons. The standard InChI is InChI=1S/C16H28N2/c1-2-17-9-12(1)10-18-11-16-6-13-3-14(7-16)5-15(4-13)8-16/h12-15,17-18H,1-11H2. The van der Waals surface area contributed by atoms with E-state index in [1.165, 1.54) is 32.6 Å². The Morgan fingerprint density at radius 1 is 1.00 bits per heavy atom. The monoisotopic (exact) mass is 248 g/mol. The zero-order valence-electron chi connectivity index (χ0n) is 11.6. The fraction of sp³-hybridized carbons (Fsp3) is 1.00. The van der Waals surface area contributed by atoms with Crippen LogP contribution in [0.1, 0.15) is 44.9 Å². The first-order valence-electron chi connectivity index (χ1n) is 8.23. The Bertz CT molecular complexity index is 271. The predicted molar refractivity (Wildman–Crippen MR) is 74.5 cm³/mol. The van der Waals surface area contributed by atoms with Crippen molar-refractivity contribution in [3.63, 3.8) is 0 Å². The lowest BCUT2D eigenvalue weighted by Crippen LogP contribution is -2.50. The minimum atomic E-state index is 0.723. The van der Waals surface area contributed by atoms with Gasteiger partial charge in [-0.1, -0.05) is 0 Å². The lowest BCUT2D eigenvalue weighted by Gasteiger charge is -2.57. The molecule has 1 unspecified atom stereocenters. The molecular formula is C16H28N2. The molecule has 102 valence electrons. The van der Waals surface area contributed by atoms with Crippen molar-refractivity contribution in [2.75, 3.05) is 26.2 Å². The molecule has 5 aliphatic rings. The molecule has 0 aromatic carbocycles. The van der Waals surface area contributed by atoms with Gasteiger partial charge in [0.1, 0.15) is 0 Å². The van der Waals surface area contributed by atoms with Crippen molar-refractivity contribution in [3.05, 3.63) is 0 Å². The van der Waals surface area contributed by atoms with Gasteiger partial charge >= 0.3 is 0 Å². The van der Waals surface area contributed by atoms with Crippen LogP contribution in [0.25, 0.3) is 0 Å². The van der Waals surface area contributed by atoms with Crippen LogP contribution < -0.4 is 10.6 Å². The van der Waals surface area contributed by atoms with Crippen molar-refractivity contribution in [2.45, 2.75) is 44.9 Å². The average Bonchev–Trinajstić information content (AvgIpc) is 2.79. The SMILES string of the molecule is C1CC(CNCC23CC4CC(CC(C4)C2)C3)CN1. The lowest BCUT2D eigenvalue weighted by atomic mass is 9.49. The van der Waals surface area contributed by atoms with Crippen molar-refractivity contribution in [1.29, 1.82) is 0 Å². The summed E-state index contributed by atoms with van der Waals surface area (Å²) < 4.78 is 0. The van der Waals surface area contributed by atoms with Gasteiger partial charge in [-0.05, 0) is 93.7 Å². The second kappa shape index (κ2) is 4.49. The Hall–Kier alpha value is -0.0800. The quantitative estimate of drug-likeness (QED) is 0.798. The van der Waals surface area contributed by atoms with Crippen LogP contribution >= 0.6 is 0 Å². The van der Waals surface area contributed by atoms with Gasteiger partial charge in [-0.25, -0.2) is 0 Å². The molecule has 4 aliphatic carbocycles. The van der Waals surface area contributed by atoms with Crippen LogP contribution in [0.4, 0.5) is 0 Å². The maximum absolute atomic E-state index is 3.84. The molecule has 1 heterocycles. The number of rotatable bonds is 4. The van der Waals surface area contributed by atoms with E-state index in [4.69, 9.17) is 0 Å². The van der Waals surface area contributed by atoms with Crippen LogP contribution in [0.5, 0.6) is 0 Å². The minimum Gasteiger partial charge on any atom is -0.316 e. The van der Waals surface area contributed by atoms with Crippen molar-refractivity contribution in [3.8, 4) is 0 Å². The van der Waals surface area contributed by atoms with Gasteiger partial charge in [0.25, 0.3) is 0 Å². The summed E-state index contributed by atoms with van der Waals surface area (Å²) in [6, 6.07) is 0. The molecule has 2 nitrogen and oxygen atoms in total. The van der Waals surface area contributed by atoms with E-state index < -0.39 is 0 Å². The predicted octanol–water partition coefficient (Wildman–Crippen LogP) is 2.40. The summed E-state index contributed by atoms with van der Waals surface area (Å²) >= 11 is 0. The summed E-state index contributed by atoms with van der Waals surface area (Å²) in [6.45, 7) is 5.07. The molecule has 4 saturated carbocycles. The topological polar surface area (TPSA) is 24.1 Å². The molecule has 0 spiro atoms. The average molecular weight is 248 g/mol. The molecule has 5 fully saturated rings. The summed E-state index contributed by atoms with van der Waals surface area (Å²) in [4.78, 5) is 0. The van der Waals surface area contributed by atoms with Gasteiger partial charge in [0.2, 0.25) is 0 Å². The molecule has 0 aromatic heterocycles. The molecule has 1 atom stereocenters. The number of nitrogens with one attached hydrogen (secondary N) is 2. The van der Waals surface area contributed by atoms with Crippen molar-refractivity contribution in [1.82, 2.24) is 10.6 Å². The number of hydrogen-bond donors (Lipinski definition) is 2. The van der Waals surface area contributed by atoms with E-state index in [2.05, 4.69) is 10.6 Å². The molecule has 0 amide bonds. The van der Waals surface area contributed by atoms with Crippen molar-refractivity contribution >= 4 is 0 Å². The first kappa shape index (κ1) is 11.7. The van der Waals surface area contributed by atoms with Gasteiger partial charge in [-0.3, -0.25) is 0 Å². The third-order valence-corrected chi connectivity index (χ3v) is 6.26. The molecule has 18 heavy (non-hydrogen) atoms. The molecule has 1 aliphatic heterocycles. The van der Waals surface area contributed by atoms with Gasteiger partial charge in [-0.15, -0.1) is 0 Å². The number of hydrogen-bond acceptors (Lipinski definition) is 2. The summed E-state index contributed by atoms with van der Waals surface area (Å²) in [7, 11) is 0. The van der Waals surface area contributed by atoms with E-state index in [1.807, 2.05) is 0 Å². The van der Waals surface area contributed by atoms with Crippen LogP contribution in [0, 0.1) is 29.1 Å². The molecule has 4 bridgehead atoms. The highest BCUT2D eigenvalue weighted by Crippen LogP contribution is 2.59. The van der Waals surface area contributed by atoms with Gasteiger partial charge in [-0.2, -0.15) is 0 Å². The van der Waals surface area contributed by atoms with Crippen LogP contribution in [0.15, 0.2) is 0 Å². The third kappa shape index (κ3) is 2.12. The van der Waals surface area contributed by atoms with Gasteiger partial charge < -0.3 is 10.6 Å². The Balaban J connectivity index is 1.33. The molecule has 2 N–H and O–H groups in total. The van der Waals surface area contributed by atoms with Crippen LogP contribution in [0.3, 0.4) is 0 Å². The van der Waals surface area contributed by atoms with Crippen molar-refractivity contribution < 1.29 is 0 Å². The highest BCUT2D eigenvalue weighted by molar-refractivity contribution is 5.02. The van der Waals surface area contributed by atoms with E-state index in [0.717, 1.165) is 29.1 Å². The molecule has 0 aromatic rings. The Labute approximate surface area is 111 Å². The van der Waals surface area contributed by atoms with Gasteiger partial charge in [0, 0.05) is 6.54 Å². The first-order chi connectivity index (χ1) is 8.81. The zero-order valence-corrected chi connectivity index (χ0v) is 11.6. The smallest absolute Gasteiger partial charge is 0.000824 e. The Morgan fingerprint density at radius 2 is 1.67 bits per heavy atom. The van der Waals surface area contributed by atoms with Crippen LogP contribution in [0.2, 0.25) is 0 Å². The second-order valence-corrected chi connectivity index (χ2v) is 7.91. The third-order valence-electron chi connectivity index (χ3n) is 6.26. The molecule has 5 rings (SSSR count). The van der Waals surface area contributed by atoms with E-state index in [0.29, 0.717) is 0 Å². The highest BCUT2D eigenvalue weighted by atomic mass is 14.9. The van der Waals surface area contributed by atoms with E-state index in [9.17, 15) is 0 Å². The minimum absolute atomic E-state index is 0.723. The lowest BCUT2D eigenvalue weighted by molar-refractivity contribution is -0.0514. The fourth-order valence-corrected chi connectivity index (χ4v) is 5.94. The van der Waals surface area contributed by atoms with E-state index >= 15 is 0 Å². The summed E-state index contributed by atoms with van der Waals surface area (Å²) in [6.07, 6.45) is 10.8. The Kier molecular flexibility index (Phi) is 2.92. The molecule has 2 heteroatoms. The second-order valence-electron chi connectivity index (χ2n) is 7.91. The van der Waals surface area contributed by atoms with E-state index in [1.54, 1.807) is 38.5 Å². The van der Waals surface area contributed by atoms with E-state index in [-0.39, 0.29) is 0 Å². The Morgan fingerprint density at radius 3 is 2.22 bits per heavy atom. The largest absolute Gasteiger partial charge is 0.316 e. The van der Waals surface area contributed by atoms with Gasteiger partial charge in [0.05, 0.1) is 0 Å². The maximum Gasteiger partial charge on any atom is 0.000824 e. The summed E-state index contributed by atoms with van der Waals surface area (Å²) in [5.74, 6) is 4.21. The highest BCUT2D eigenvalue weighted by Gasteiger charge is 2.50. The first-order valence-corrected chi connectivity index (χ1v) is 8.23. The molecular weight excluding hydrogens is 220 g/mol. The molecule has 1 saturated heterocycles. The summed E-state index contributed by atoms with van der Waals surface area (Å²) in [5, 5.41) is 7.32. The fourth-order valence-electron chi connectivity index (χ4n) is 5.94. The van der Waals surface area contributed by atoms with Crippen LogP contribution in [-0.4, -0.2) is 26.2 Å². The summed E-state index contributed by atoms with van der Waals surface area (Å²) in [5.41, 5.74) is 0.723. The zero-order chi connectivity index (χ0) is 12.0. The maximum atomic E-state index is 3.84. The normalized spacial score (nSPS) is 50.0. The van der Waals surface area contributed by atoms with Gasteiger partial charge in [0.15, 0.2) is 0 Å². The van der Waals surface area contributed by atoms with Crippen molar-refractivity contribution in [2.24, 2.45) is 29.1 Å².